The van der Waals surface area contributed by atoms with E-state index in [9.17, 15) is 4.79 Å². The predicted octanol–water partition coefficient (Wildman–Crippen LogP) is 1.93. The normalized spacial score (nSPS) is 11.4. The third kappa shape index (κ3) is 3.86. The maximum absolute atomic E-state index is 11.7. The Bertz CT molecular complexity index is 380. The van der Waals surface area contributed by atoms with Crippen LogP contribution in [-0.2, 0) is 6.42 Å². The summed E-state index contributed by atoms with van der Waals surface area (Å²) in [5.41, 5.74) is 2.05. The number of benzene rings is 1. The summed E-state index contributed by atoms with van der Waals surface area (Å²) in [6.45, 7) is 4.32. The van der Waals surface area contributed by atoms with Crippen LogP contribution in [0.5, 0.6) is 0 Å². The highest BCUT2D eigenvalue weighted by Gasteiger charge is 2.15. The summed E-state index contributed by atoms with van der Waals surface area (Å²) in [7, 11) is 5.49. The van der Waals surface area contributed by atoms with E-state index in [4.69, 9.17) is 0 Å². The first kappa shape index (κ1) is 13.7. The lowest BCUT2D eigenvalue weighted by Gasteiger charge is -2.24. The smallest absolute Gasteiger partial charge is 0.253 e. The molecule has 1 aromatic rings. The lowest BCUT2D eigenvalue weighted by atomic mass is 9.94. The van der Waals surface area contributed by atoms with Gasteiger partial charge < -0.3 is 10.2 Å². The number of likely N-dealkylation sites (N-methyl/N-ethyl adjacent to an activating group) is 1. The zero-order chi connectivity index (χ0) is 13.1. The topological polar surface area (TPSA) is 32.3 Å². The van der Waals surface area contributed by atoms with Crippen LogP contribution in [0.1, 0.15) is 29.8 Å². The molecule has 0 aliphatic carbocycles. The minimum Gasteiger partial charge on any atom is -0.345 e. The molecule has 0 atom stereocenters. The number of nitrogens with zero attached hydrogens (tertiary/aromatic N) is 1. The summed E-state index contributed by atoms with van der Waals surface area (Å²) in [5.74, 6) is 0.0458. The monoisotopic (exact) mass is 234 g/mol. The molecule has 1 rings (SSSR count). The van der Waals surface area contributed by atoms with Crippen molar-refractivity contribution in [3.8, 4) is 0 Å². The average Bonchev–Trinajstić information content (AvgIpc) is 2.28. The molecule has 0 saturated heterocycles. The maximum atomic E-state index is 11.7. The first-order valence-electron chi connectivity index (χ1n) is 5.85. The van der Waals surface area contributed by atoms with Gasteiger partial charge in [0.25, 0.3) is 5.91 Å². The van der Waals surface area contributed by atoms with E-state index in [0.717, 1.165) is 12.0 Å². The number of carbonyl (C=O) groups excluding carboxylic acids is 1. The van der Waals surface area contributed by atoms with Gasteiger partial charge in [-0.15, -0.1) is 0 Å². The van der Waals surface area contributed by atoms with Crippen molar-refractivity contribution >= 4 is 5.91 Å². The largest absolute Gasteiger partial charge is 0.345 e. The maximum Gasteiger partial charge on any atom is 0.253 e. The van der Waals surface area contributed by atoms with Crippen molar-refractivity contribution in [2.45, 2.75) is 25.8 Å². The van der Waals surface area contributed by atoms with Gasteiger partial charge in [-0.3, -0.25) is 4.79 Å². The van der Waals surface area contributed by atoms with E-state index in [0.29, 0.717) is 0 Å². The van der Waals surface area contributed by atoms with Gasteiger partial charge in [-0.25, -0.2) is 0 Å². The number of carbonyl (C=O) groups is 1. The van der Waals surface area contributed by atoms with Gasteiger partial charge in [-0.2, -0.15) is 0 Å². The Morgan fingerprint density at radius 1 is 1.24 bits per heavy atom. The molecule has 1 amide bonds. The van der Waals surface area contributed by atoms with Crippen LogP contribution in [0.15, 0.2) is 24.3 Å². The van der Waals surface area contributed by atoms with Crippen molar-refractivity contribution in [2.24, 2.45) is 0 Å². The van der Waals surface area contributed by atoms with Crippen molar-refractivity contribution < 1.29 is 4.79 Å². The van der Waals surface area contributed by atoms with Crippen molar-refractivity contribution in [3.63, 3.8) is 0 Å². The molecule has 17 heavy (non-hydrogen) atoms. The summed E-state index contributed by atoms with van der Waals surface area (Å²) in [6, 6.07) is 7.83. The average molecular weight is 234 g/mol. The summed E-state index contributed by atoms with van der Waals surface area (Å²) in [4.78, 5) is 13.3. The van der Waals surface area contributed by atoms with Crippen LogP contribution in [0.4, 0.5) is 0 Å². The summed E-state index contributed by atoms with van der Waals surface area (Å²) in [5, 5.41) is 3.27. The van der Waals surface area contributed by atoms with Crippen LogP contribution in [0, 0.1) is 0 Å². The molecule has 0 aliphatic rings. The third-order valence-corrected chi connectivity index (χ3v) is 2.93. The van der Waals surface area contributed by atoms with Crippen LogP contribution < -0.4 is 5.32 Å². The Kier molecular flexibility index (Phi) is 4.29. The highest BCUT2D eigenvalue weighted by molar-refractivity contribution is 5.93. The van der Waals surface area contributed by atoms with E-state index in [1.54, 1.807) is 19.0 Å². The van der Waals surface area contributed by atoms with Gasteiger partial charge in [0, 0.05) is 25.2 Å². The Labute approximate surface area is 104 Å². The molecular weight excluding hydrogens is 212 g/mol. The molecule has 0 aliphatic heterocycles. The summed E-state index contributed by atoms with van der Waals surface area (Å²) in [6.07, 6.45) is 0.944. The molecule has 0 heterocycles. The van der Waals surface area contributed by atoms with Gasteiger partial charge in [0.1, 0.15) is 0 Å². The van der Waals surface area contributed by atoms with Gasteiger partial charge in [0.15, 0.2) is 0 Å². The molecule has 0 radical (unpaired) electrons. The number of hydrogen-bond donors (Lipinski definition) is 1. The second-order valence-electron chi connectivity index (χ2n) is 5.21. The fraction of sp³-hybridized carbons (Fsp3) is 0.500. The molecule has 0 bridgehead atoms. The fourth-order valence-electron chi connectivity index (χ4n) is 1.62. The standard InChI is InChI=1S/C14H22N2O/c1-14(2,15-3)10-11-6-8-12(9-7-11)13(17)16(4)5/h6-9,15H,10H2,1-5H3. The molecule has 3 nitrogen and oxygen atoms in total. The molecule has 0 aromatic heterocycles. The molecule has 0 unspecified atom stereocenters. The van der Waals surface area contributed by atoms with Gasteiger partial charge in [-0.05, 0) is 45.0 Å². The van der Waals surface area contributed by atoms with Crippen LogP contribution in [0.2, 0.25) is 0 Å². The van der Waals surface area contributed by atoms with E-state index in [-0.39, 0.29) is 11.4 Å². The third-order valence-electron chi connectivity index (χ3n) is 2.93. The van der Waals surface area contributed by atoms with Crippen LogP contribution in [0.3, 0.4) is 0 Å². The molecule has 3 heteroatoms. The van der Waals surface area contributed by atoms with Gasteiger partial charge in [0.2, 0.25) is 0 Å². The summed E-state index contributed by atoms with van der Waals surface area (Å²) < 4.78 is 0. The minimum atomic E-state index is 0.0458. The predicted molar refractivity (Wildman–Crippen MR) is 71.3 cm³/mol. The van der Waals surface area contributed by atoms with E-state index in [2.05, 4.69) is 19.2 Å². The fourth-order valence-corrected chi connectivity index (χ4v) is 1.62. The minimum absolute atomic E-state index is 0.0458. The van der Waals surface area contributed by atoms with Gasteiger partial charge in [0.05, 0.1) is 0 Å². The number of rotatable bonds is 4. The Morgan fingerprint density at radius 2 is 1.76 bits per heavy atom. The van der Waals surface area contributed by atoms with Crippen LogP contribution >= 0.6 is 0 Å². The summed E-state index contributed by atoms with van der Waals surface area (Å²) >= 11 is 0. The molecule has 1 aromatic carbocycles. The molecule has 1 N–H and O–H groups in total. The van der Waals surface area contributed by atoms with Crippen molar-refractivity contribution in [1.82, 2.24) is 10.2 Å². The lowest BCUT2D eigenvalue weighted by molar-refractivity contribution is 0.0827. The number of hydrogen-bond acceptors (Lipinski definition) is 2. The zero-order valence-electron chi connectivity index (χ0n) is 11.4. The second kappa shape index (κ2) is 5.32. The zero-order valence-corrected chi connectivity index (χ0v) is 11.4. The van der Waals surface area contributed by atoms with Gasteiger partial charge in [-0.1, -0.05) is 12.1 Å². The molecule has 0 fully saturated rings. The van der Waals surface area contributed by atoms with Crippen molar-refractivity contribution in [2.75, 3.05) is 21.1 Å². The molecule has 0 saturated carbocycles. The highest BCUT2D eigenvalue weighted by Crippen LogP contribution is 2.13. The van der Waals surface area contributed by atoms with E-state index in [1.807, 2.05) is 31.3 Å². The van der Waals surface area contributed by atoms with Crippen molar-refractivity contribution in [3.05, 3.63) is 35.4 Å². The first-order valence-corrected chi connectivity index (χ1v) is 5.85. The Hall–Kier alpha value is -1.35. The Morgan fingerprint density at radius 3 is 2.18 bits per heavy atom. The lowest BCUT2D eigenvalue weighted by Crippen LogP contribution is -2.38. The highest BCUT2D eigenvalue weighted by atomic mass is 16.2. The Balaban J connectivity index is 2.78. The quantitative estimate of drug-likeness (QED) is 0.863. The SMILES string of the molecule is CNC(C)(C)Cc1ccc(C(=O)N(C)C)cc1. The molecule has 0 spiro atoms. The second-order valence-corrected chi connectivity index (χ2v) is 5.21. The molecule has 94 valence electrons. The van der Waals surface area contributed by atoms with Crippen molar-refractivity contribution in [1.29, 1.82) is 0 Å². The van der Waals surface area contributed by atoms with Crippen LogP contribution in [0.25, 0.3) is 0 Å². The van der Waals surface area contributed by atoms with E-state index < -0.39 is 0 Å². The first-order chi connectivity index (χ1) is 7.85. The van der Waals surface area contributed by atoms with E-state index in [1.165, 1.54) is 5.56 Å². The van der Waals surface area contributed by atoms with E-state index >= 15 is 0 Å². The molecular formula is C14H22N2O. The van der Waals surface area contributed by atoms with Crippen LogP contribution in [-0.4, -0.2) is 37.5 Å². The number of amides is 1. The number of nitrogens with one attached hydrogen (secondary N) is 1. The van der Waals surface area contributed by atoms with Gasteiger partial charge >= 0.3 is 0 Å².